The van der Waals surface area contributed by atoms with Crippen molar-refractivity contribution < 1.29 is 14.3 Å². The molecule has 3 heterocycles. The zero-order valence-corrected chi connectivity index (χ0v) is 17.6. The lowest BCUT2D eigenvalue weighted by Gasteiger charge is -2.13. The minimum atomic E-state index is -0.185. The highest BCUT2D eigenvalue weighted by atomic mass is 32.1. The molecule has 0 spiro atoms. The molecular weight excluding hydrogens is 394 g/mol. The van der Waals surface area contributed by atoms with Crippen LogP contribution >= 0.6 is 22.7 Å². The van der Waals surface area contributed by atoms with Gasteiger partial charge in [-0.25, -0.2) is 0 Å². The Labute approximate surface area is 171 Å². The van der Waals surface area contributed by atoms with Crippen molar-refractivity contribution in [1.82, 2.24) is 9.88 Å². The van der Waals surface area contributed by atoms with E-state index >= 15 is 0 Å². The van der Waals surface area contributed by atoms with E-state index in [9.17, 15) is 9.59 Å². The lowest BCUT2D eigenvalue weighted by Crippen LogP contribution is -2.29. The second-order valence-electron chi connectivity index (χ2n) is 6.88. The number of aromatic nitrogens is 1. The standard InChI is InChI=1S/C20H23N3O3S2/c1-23-13-7-10-27-16(13)11-14(23)18(24)22-20-17(19(25)21-8-9-26-2)12-5-3-4-6-15(12)28-20/h7,10-11H,3-6,8-9H2,1-2H3,(H,21,25)(H,22,24). The van der Waals surface area contributed by atoms with Gasteiger partial charge in [-0.1, -0.05) is 0 Å². The second kappa shape index (κ2) is 8.06. The molecule has 3 aromatic rings. The maximum atomic E-state index is 13.0. The highest BCUT2D eigenvalue weighted by Gasteiger charge is 2.27. The van der Waals surface area contributed by atoms with Crippen molar-refractivity contribution in [2.24, 2.45) is 7.05 Å². The van der Waals surface area contributed by atoms with E-state index in [-0.39, 0.29) is 11.8 Å². The Kier molecular flexibility index (Phi) is 5.52. The zero-order valence-electron chi connectivity index (χ0n) is 16.0. The topological polar surface area (TPSA) is 72.4 Å². The third-order valence-corrected chi connectivity index (χ3v) is 7.17. The third-order valence-electron chi connectivity index (χ3n) is 5.11. The van der Waals surface area contributed by atoms with Crippen molar-refractivity contribution in [3.05, 3.63) is 39.2 Å². The van der Waals surface area contributed by atoms with Crippen molar-refractivity contribution in [3.63, 3.8) is 0 Å². The van der Waals surface area contributed by atoms with Crippen LogP contribution in [0.5, 0.6) is 0 Å². The van der Waals surface area contributed by atoms with Gasteiger partial charge in [0.15, 0.2) is 0 Å². The molecule has 0 aromatic carbocycles. The summed E-state index contributed by atoms with van der Waals surface area (Å²) in [5.74, 6) is -0.324. The summed E-state index contributed by atoms with van der Waals surface area (Å²) in [6.07, 6.45) is 4.05. The smallest absolute Gasteiger partial charge is 0.272 e. The average molecular weight is 418 g/mol. The van der Waals surface area contributed by atoms with E-state index < -0.39 is 0 Å². The molecule has 6 nitrogen and oxygen atoms in total. The van der Waals surface area contributed by atoms with E-state index in [1.165, 1.54) is 16.2 Å². The minimum absolute atomic E-state index is 0.139. The van der Waals surface area contributed by atoms with Gasteiger partial charge in [-0.15, -0.1) is 22.7 Å². The van der Waals surface area contributed by atoms with Crippen LogP contribution in [0.15, 0.2) is 17.5 Å². The van der Waals surface area contributed by atoms with E-state index in [4.69, 9.17) is 4.74 Å². The molecule has 2 amide bonds. The molecule has 0 radical (unpaired) electrons. The number of nitrogens with one attached hydrogen (secondary N) is 2. The molecule has 0 bridgehead atoms. The van der Waals surface area contributed by atoms with Gasteiger partial charge in [-0.2, -0.15) is 0 Å². The first-order chi connectivity index (χ1) is 13.6. The lowest BCUT2D eigenvalue weighted by molar-refractivity contribution is 0.0937. The molecule has 28 heavy (non-hydrogen) atoms. The number of thiophene rings is 2. The number of ether oxygens (including phenoxy) is 1. The van der Waals surface area contributed by atoms with Crippen molar-refractivity contribution in [2.75, 3.05) is 25.6 Å². The number of fused-ring (bicyclic) bond motifs is 2. The van der Waals surface area contributed by atoms with Gasteiger partial charge >= 0.3 is 0 Å². The molecule has 0 unspecified atom stereocenters. The number of anilines is 1. The van der Waals surface area contributed by atoms with E-state index in [1.54, 1.807) is 18.4 Å². The monoisotopic (exact) mass is 417 g/mol. The molecule has 0 saturated heterocycles. The number of nitrogens with zero attached hydrogens (tertiary/aromatic N) is 1. The summed E-state index contributed by atoms with van der Waals surface area (Å²) >= 11 is 3.15. The number of carbonyl (C=O) groups excluding carboxylic acids is 2. The number of carbonyl (C=O) groups is 2. The van der Waals surface area contributed by atoms with Crippen LogP contribution in [0, 0.1) is 0 Å². The van der Waals surface area contributed by atoms with Crippen LogP contribution < -0.4 is 10.6 Å². The average Bonchev–Trinajstić information content (AvgIpc) is 3.36. The SMILES string of the molecule is COCCNC(=O)c1c(NC(=O)c2cc3sccc3n2C)sc2c1CCCC2. The molecule has 0 aliphatic heterocycles. The summed E-state index contributed by atoms with van der Waals surface area (Å²) in [6.45, 7) is 0.904. The van der Waals surface area contributed by atoms with E-state index in [2.05, 4.69) is 10.6 Å². The van der Waals surface area contributed by atoms with Crippen LogP contribution in [0.3, 0.4) is 0 Å². The maximum absolute atomic E-state index is 13.0. The van der Waals surface area contributed by atoms with Gasteiger partial charge in [0.25, 0.3) is 11.8 Å². The first kappa shape index (κ1) is 19.2. The fraction of sp³-hybridized carbons (Fsp3) is 0.400. The predicted molar refractivity (Wildman–Crippen MR) is 114 cm³/mol. The fourth-order valence-corrected chi connectivity index (χ4v) is 5.82. The van der Waals surface area contributed by atoms with Gasteiger partial charge in [0.05, 0.1) is 22.4 Å². The van der Waals surface area contributed by atoms with Gasteiger partial charge in [0.2, 0.25) is 0 Å². The summed E-state index contributed by atoms with van der Waals surface area (Å²) < 4.78 is 8.00. The summed E-state index contributed by atoms with van der Waals surface area (Å²) in [4.78, 5) is 27.0. The maximum Gasteiger partial charge on any atom is 0.272 e. The number of methoxy groups -OCH3 is 1. The quantitative estimate of drug-likeness (QED) is 0.599. The van der Waals surface area contributed by atoms with Gasteiger partial charge < -0.3 is 19.9 Å². The molecule has 1 aliphatic carbocycles. The van der Waals surface area contributed by atoms with Crippen molar-refractivity contribution in [3.8, 4) is 0 Å². The summed E-state index contributed by atoms with van der Waals surface area (Å²) in [6, 6.07) is 3.91. The van der Waals surface area contributed by atoms with Gasteiger partial charge in [0, 0.05) is 25.6 Å². The molecule has 2 N–H and O–H groups in total. The van der Waals surface area contributed by atoms with Crippen LogP contribution in [-0.4, -0.2) is 36.6 Å². The Balaban J connectivity index is 1.63. The summed E-state index contributed by atoms with van der Waals surface area (Å²) in [5.41, 5.74) is 3.35. The fourth-order valence-electron chi connectivity index (χ4n) is 3.68. The van der Waals surface area contributed by atoms with E-state index in [0.717, 1.165) is 41.5 Å². The van der Waals surface area contributed by atoms with E-state index in [0.29, 0.717) is 29.4 Å². The summed E-state index contributed by atoms with van der Waals surface area (Å²) in [7, 11) is 3.50. The van der Waals surface area contributed by atoms with Gasteiger partial charge in [-0.3, -0.25) is 9.59 Å². The highest BCUT2D eigenvalue weighted by molar-refractivity contribution is 7.17. The number of aryl methyl sites for hydroxylation is 2. The van der Waals surface area contributed by atoms with E-state index in [1.807, 2.05) is 29.1 Å². The molecule has 0 atom stereocenters. The van der Waals surface area contributed by atoms with Crippen LogP contribution in [0.25, 0.3) is 10.2 Å². The molecule has 0 saturated carbocycles. The number of hydrogen-bond donors (Lipinski definition) is 2. The van der Waals surface area contributed by atoms with Crippen LogP contribution in [-0.2, 0) is 24.6 Å². The van der Waals surface area contributed by atoms with Gasteiger partial charge in [-0.05, 0) is 48.8 Å². The Hall–Kier alpha value is -2.16. The number of rotatable bonds is 6. The third kappa shape index (κ3) is 3.47. The Morgan fingerprint density at radius 3 is 2.86 bits per heavy atom. The molecular formula is C20H23N3O3S2. The number of amides is 2. The Morgan fingerprint density at radius 1 is 1.25 bits per heavy atom. The molecule has 8 heteroatoms. The van der Waals surface area contributed by atoms with Crippen molar-refractivity contribution in [2.45, 2.75) is 25.7 Å². The molecule has 148 valence electrons. The van der Waals surface area contributed by atoms with Crippen LogP contribution in [0.1, 0.15) is 44.1 Å². The second-order valence-corrected chi connectivity index (χ2v) is 8.93. The van der Waals surface area contributed by atoms with Gasteiger partial charge in [0.1, 0.15) is 10.7 Å². The highest BCUT2D eigenvalue weighted by Crippen LogP contribution is 2.38. The predicted octanol–water partition coefficient (Wildman–Crippen LogP) is 3.81. The molecule has 1 aliphatic rings. The molecule has 0 fully saturated rings. The lowest BCUT2D eigenvalue weighted by atomic mass is 9.95. The summed E-state index contributed by atoms with van der Waals surface area (Å²) in [5, 5.41) is 8.59. The number of hydrogen-bond acceptors (Lipinski definition) is 5. The van der Waals surface area contributed by atoms with Crippen LogP contribution in [0.2, 0.25) is 0 Å². The Morgan fingerprint density at radius 2 is 2.07 bits per heavy atom. The largest absolute Gasteiger partial charge is 0.383 e. The minimum Gasteiger partial charge on any atom is -0.383 e. The molecule has 3 aromatic heterocycles. The van der Waals surface area contributed by atoms with Crippen molar-refractivity contribution in [1.29, 1.82) is 0 Å². The zero-order chi connectivity index (χ0) is 19.7. The first-order valence-electron chi connectivity index (χ1n) is 9.36. The van der Waals surface area contributed by atoms with Crippen molar-refractivity contribution >= 4 is 49.7 Å². The molecule has 4 rings (SSSR count). The normalized spacial score (nSPS) is 13.5. The first-order valence-corrected chi connectivity index (χ1v) is 11.1. The Bertz CT molecular complexity index is 1030. The van der Waals surface area contributed by atoms with Crippen LogP contribution in [0.4, 0.5) is 5.00 Å².